The van der Waals surface area contributed by atoms with Crippen molar-refractivity contribution in [3.05, 3.63) is 78.3 Å². The SMILES string of the molecule is O=C(N[C@H](c1ccccc1)C1CC1)c1ccc(Cn2ccnc2)o1. The summed E-state index contributed by atoms with van der Waals surface area (Å²) in [4.78, 5) is 16.6. The first-order chi connectivity index (χ1) is 11.8. The van der Waals surface area contributed by atoms with Crippen LogP contribution in [0, 0.1) is 5.92 Å². The van der Waals surface area contributed by atoms with Gasteiger partial charge in [-0.3, -0.25) is 4.79 Å². The maximum absolute atomic E-state index is 12.6. The van der Waals surface area contributed by atoms with Crippen LogP contribution in [0.2, 0.25) is 0 Å². The van der Waals surface area contributed by atoms with Crippen LogP contribution < -0.4 is 5.32 Å². The van der Waals surface area contributed by atoms with Gasteiger partial charge in [0, 0.05) is 12.4 Å². The zero-order chi connectivity index (χ0) is 16.4. The van der Waals surface area contributed by atoms with E-state index in [1.807, 2.05) is 35.0 Å². The fraction of sp³-hybridized carbons (Fsp3) is 0.263. The summed E-state index contributed by atoms with van der Waals surface area (Å²) < 4.78 is 7.60. The average Bonchev–Trinajstić information content (AvgIpc) is 3.12. The molecule has 4 rings (SSSR count). The Hall–Kier alpha value is -2.82. The van der Waals surface area contributed by atoms with Gasteiger partial charge in [0.1, 0.15) is 5.76 Å². The van der Waals surface area contributed by atoms with Gasteiger partial charge in [0.2, 0.25) is 0 Å². The van der Waals surface area contributed by atoms with Gasteiger partial charge in [0.15, 0.2) is 5.76 Å². The fourth-order valence-corrected chi connectivity index (χ4v) is 2.92. The van der Waals surface area contributed by atoms with E-state index in [4.69, 9.17) is 4.42 Å². The van der Waals surface area contributed by atoms with Crippen molar-refractivity contribution < 1.29 is 9.21 Å². The maximum Gasteiger partial charge on any atom is 0.287 e. The zero-order valence-corrected chi connectivity index (χ0v) is 13.3. The summed E-state index contributed by atoms with van der Waals surface area (Å²) in [5, 5.41) is 3.13. The third kappa shape index (κ3) is 3.25. The van der Waals surface area contributed by atoms with Gasteiger partial charge in [0.05, 0.1) is 18.9 Å². The number of furan rings is 1. The van der Waals surface area contributed by atoms with Crippen LogP contribution in [0.3, 0.4) is 0 Å². The molecule has 1 aliphatic carbocycles. The second-order valence-corrected chi connectivity index (χ2v) is 6.20. The molecule has 1 aromatic carbocycles. The monoisotopic (exact) mass is 321 g/mol. The molecule has 5 nitrogen and oxygen atoms in total. The minimum atomic E-state index is -0.160. The lowest BCUT2D eigenvalue weighted by atomic mass is 10.0. The molecule has 0 spiro atoms. The van der Waals surface area contributed by atoms with E-state index in [2.05, 4.69) is 22.4 Å². The number of nitrogens with one attached hydrogen (secondary N) is 1. The quantitative estimate of drug-likeness (QED) is 0.757. The molecule has 5 heteroatoms. The molecule has 0 aliphatic heterocycles. The van der Waals surface area contributed by atoms with Gasteiger partial charge in [-0.1, -0.05) is 30.3 Å². The van der Waals surface area contributed by atoms with Crippen LogP contribution in [0.4, 0.5) is 0 Å². The molecule has 0 unspecified atom stereocenters. The Morgan fingerprint density at radius 2 is 2.08 bits per heavy atom. The lowest BCUT2D eigenvalue weighted by Gasteiger charge is -2.18. The molecule has 2 heterocycles. The second kappa shape index (κ2) is 6.35. The molecular weight excluding hydrogens is 302 g/mol. The molecule has 0 saturated heterocycles. The molecule has 1 N–H and O–H groups in total. The molecule has 1 aliphatic rings. The highest BCUT2D eigenvalue weighted by Crippen LogP contribution is 2.41. The second-order valence-electron chi connectivity index (χ2n) is 6.20. The van der Waals surface area contributed by atoms with Crippen LogP contribution in [0.15, 0.2) is 65.6 Å². The Balaban J connectivity index is 1.46. The van der Waals surface area contributed by atoms with E-state index in [0.717, 1.165) is 24.2 Å². The van der Waals surface area contributed by atoms with Crippen molar-refractivity contribution in [3.8, 4) is 0 Å². The van der Waals surface area contributed by atoms with E-state index in [1.165, 1.54) is 0 Å². The molecule has 0 radical (unpaired) electrons. The highest BCUT2D eigenvalue weighted by atomic mass is 16.4. The Labute approximate surface area is 140 Å². The molecule has 1 fully saturated rings. The topological polar surface area (TPSA) is 60.1 Å². The van der Waals surface area contributed by atoms with Gasteiger partial charge in [-0.05, 0) is 36.5 Å². The molecule has 1 amide bonds. The Morgan fingerprint density at radius 1 is 1.25 bits per heavy atom. The maximum atomic E-state index is 12.6. The first kappa shape index (κ1) is 14.8. The van der Waals surface area contributed by atoms with Gasteiger partial charge in [-0.25, -0.2) is 4.98 Å². The van der Waals surface area contributed by atoms with Crippen molar-refractivity contribution in [1.82, 2.24) is 14.9 Å². The number of hydrogen-bond acceptors (Lipinski definition) is 3. The van der Waals surface area contributed by atoms with E-state index in [9.17, 15) is 4.79 Å². The molecule has 2 aromatic heterocycles. The lowest BCUT2D eigenvalue weighted by Crippen LogP contribution is -2.29. The van der Waals surface area contributed by atoms with Crippen LogP contribution >= 0.6 is 0 Å². The zero-order valence-electron chi connectivity index (χ0n) is 13.3. The number of rotatable bonds is 6. The van der Waals surface area contributed by atoms with Crippen molar-refractivity contribution in [2.75, 3.05) is 0 Å². The van der Waals surface area contributed by atoms with Crippen LogP contribution in [-0.4, -0.2) is 15.5 Å². The van der Waals surface area contributed by atoms with Crippen LogP contribution in [0.25, 0.3) is 0 Å². The number of carbonyl (C=O) groups excluding carboxylic acids is 1. The molecule has 0 bridgehead atoms. The third-order valence-corrected chi connectivity index (χ3v) is 4.32. The fourth-order valence-electron chi connectivity index (χ4n) is 2.92. The first-order valence-corrected chi connectivity index (χ1v) is 8.20. The lowest BCUT2D eigenvalue weighted by molar-refractivity contribution is 0.0901. The summed E-state index contributed by atoms with van der Waals surface area (Å²) in [5.41, 5.74) is 1.15. The van der Waals surface area contributed by atoms with E-state index in [1.54, 1.807) is 18.6 Å². The highest BCUT2D eigenvalue weighted by Gasteiger charge is 2.33. The largest absolute Gasteiger partial charge is 0.454 e. The number of nitrogens with zero attached hydrogens (tertiary/aromatic N) is 2. The minimum Gasteiger partial charge on any atom is -0.454 e. The van der Waals surface area contributed by atoms with E-state index in [0.29, 0.717) is 18.2 Å². The van der Waals surface area contributed by atoms with Gasteiger partial charge < -0.3 is 14.3 Å². The van der Waals surface area contributed by atoms with Gasteiger partial charge >= 0.3 is 0 Å². The Morgan fingerprint density at radius 3 is 2.79 bits per heavy atom. The third-order valence-electron chi connectivity index (χ3n) is 4.32. The van der Waals surface area contributed by atoms with Gasteiger partial charge in [-0.2, -0.15) is 0 Å². The van der Waals surface area contributed by atoms with Crippen LogP contribution in [0.5, 0.6) is 0 Å². The van der Waals surface area contributed by atoms with Crippen molar-refractivity contribution in [2.45, 2.75) is 25.4 Å². The molecule has 1 saturated carbocycles. The van der Waals surface area contributed by atoms with Crippen molar-refractivity contribution >= 4 is 5.91 Å². The summed E-state index contributed by atoms with van der Waals surface area (Å²) in [7, 11) is 0. The summed E-state index contributed by atoms with van der Waals surface area (Å²) in [6.07, 6.45) is 7.62. The summed E-state index contributed by atoms with van der Waals surface area (Å²) >= 11 is 0. The number of aromatic nitrogens is 2. The van der Waals surface area contributed by atoms with Crippen LogP contribution in [-0.2, 0) is 6.54 Å². The molecule has 122 valence electrons. The summed E-state index contributed by atoms with van der Waals surface area (Å²) in [6.45, 7) is 0.567. The summed E-state index contributed by atoms with van der Waals surface area (Å²) in [5.74, 6) is 1.46. The van der Waals surface area contributed by atoms with Crippen molar-refractivity contribution in [1.29, 1.82) is 0 Å². The first-order valence-electron chi connectivity index (χ1n) is 8.20. The number of carbonyl (C=O) groups is 1. The predicted molar refractivity (Wildman–Crippen MR) is 89.4 cm³/mol. The number of amides is 1. The average molecular weight is 321 g/mol. The number of benzene rings is 1. The van der Waals surface area contributed by atoms with Gasteiger partial charge in [0.25, 0.3) is 5.91 Å². The summed E-state index contributed by atoms with van der Waals surface area (Å²) in [6, 6.07) is 13.8. The smallest absolute Gasteiger partial charge is 0.287 e. The van der Waals surface area contributed by atoms with Crippen molar-refractivity contribution in [2.24, 2.45) is 5.92 Å². The van der Waals surface area contributed by atoms with E-state index >= 15 is 0 Å². The predicted octanol–water partition coefficient (Wildman–Crippen LogP) is 3.41. The molecular formula is C19H19N3O2. The number of imidazole rings is 1. The number of hydrogen-bond donors (Lipinski definition) is 1. The minimum absolute atomic E-state index is 0.0564. The van der Waals surface area contributed by atoms with E-state index < -0.39 is 0 Å². The molecule has 24 heavy (non-hydrogen) atoms. The standard InChI is InChI=1S/C19H19N3O2/c23-19(17-9-8-16(24-17)12-22-11-10-20-13-22)21-18(15-6-7-15)14-4-2-1-3-5-14/h1-5,8-11,13,15,18H,6-7,12H2,(H,21,23)/t18-/m1/s1. The Bertz CT molecular complexity index is 804. The van der Waals surface area contributed by atoms with E-state index in [-0.39, 0.29) is 11.9 Å². The highest BCUT2D eigenvalue weighted by molar-refractivity contribution is 5.91. The Kier molecular flexibility index (Phi) is 3.91. The molecule has 3 aromatic rings. The van der Waals surface area contributed by atoms with Gasteiger partial charge in [-0.15, -0.1) is 0 Å². The van der Waals surface area contributed by atoms with Crippen molar-refractivity contribution in [3.63, 3.8) is 0 Å². The normalized spacial score (nSPS) is 15.2. The molecule has 1 atom stereocenters. The van der Waals surface area contributed by atoms with Crippen LogP contribution in [0.1, 0.15) is 40.8 Å².